The van der Waals surface area contributed by atoms with Crippen molar-refractivity contribution in [3.05, 3.63) is 60.9 Å². The van der Waals surface area contributed by atoms with Gasteiger partial charge in [0, 0.05) is 25.4 Å². The fraction of sp³-hybridized carbons (Fsp3) is 0.158. The van der Waals surface area contributed by atoms with Crippen LogP contribution in [0.1, 0.15) is 0 Å². The Morgan fingerprint density at radius 3 is 2.83 bits per heavy atom. The molecule has 0 saturated heterocycles. The lowest BCUT2D eigenvalue weighted by Gasteiger charge is -2.08. The highest BCUT2D eigenvalue weighted by atomic mass is 16.5. The number of benzene rings is 2. The van der Waals surface area contributed by atoms with Crippen molar-refractivity contribution >= 4 is 22.2 Å². The number of aromatic nitrogens is 3. The maximum Gasteiger partial charge on any atom is 0.165 e. The predicted molar refractivity (Wildman–Crippen MR) is 96.3 cm³/mol. The highest BCUT2D eigenvalue weighted by Crippen LogP contribution is 2.31. The van der Waals surface area contributed by atoms with E-state index in [1.807, 2.05) is 16.8 Å². The molecule has 5 heteroatoms. The topological polar surface area (TPSA) is 51.5 Å². The zero-order valence-electron chi connectivity index (χ0n) is 13.4. The Morgan fingerprint density at radius 2 is 1.92 bits per heavy atom. The summed E-state index contributed by atoms with van der Waals surface area (Å²) in [6.07, 6.45) is 3.69. The summed E-state index contributed by atoms with van der Waals surface area (Å²) in [6.45, 7) is 1.36. The highest BCUT2D eigenvalue weighted by Gasteiger charge is 2.12. The minimum atomic E-state index is 0.640. The Bertz CT molecular complexity index is 988. The van der Waals surface area contributed by atoms with Crippen LogP contribution in [0.15, 0.2) is 60.9 Å². The number of hydrogen-bond donors (Lipinski definition) is 1. The first-order chi connectivity index (χ1) is 11.9. The van der Waals surface area contributed by atoms with Crippen molar-refractivity contribution in [3.63, 3.8) is 0 Å². The third kappa shape index (κ3) is 2.49. The number of anilines is 1. The summed E-state index contributed by atoms with van der Waals surface area (Å²) in [5, 5.41) is 10.3. The van der Waals surface area contributed by atoms with E-state index in [1.54, 1.807) is 13.3 Å². The van der Waals surface area contributed by atoms with E-state index in [0.717, 1.165) is 29.1 Å². The summed E-state index contributed by atoms with van der Waals surface area (Å²) >= 11 is 0. The Hall–Kier alpha value is -2.92. The molecule has 5 nitrogen and oxygen atoms in total. The lowest BCUT2D eigenvalue weighted by atomic mass is 10.0. The highest BCUT2D eigenvalue weighted by molar-refractivity contribution is 5.99. The van der Waals surface area contributed by atoms with E-state index in [0.29, 0.717) is 6.61 Å². The zero-order chi connectivity index (χ0) is 16.4. The van der Waals surface area contributed by atoms with Crippen molar-refractivity contribution < 1.29 is 4.74 Å². The lowest BCUT2D eigenvalue weighted by molar-refractivity contribution is 0.210. The molecule has 0 aliphatic rings. The second kappa shape index (κ2) is 6.29. The molecule has 0 saturated carbocycles. The molecule has 2 aromatic heterocycles. The average Bonchev–Trinajstić information content (AvgIpc) is 3.06. The van der Waals surface area contributed by atoms with Crippen LogP contribution in [0.2, 0.25) is 0 Å². The van der Waals surface area contributed by atoms with Gasteiger partial charge in [-0.15, -0.1) is 0 Å². The lowest BCUT2D eigenvalue weighted by Crippen LogP contribution is -2.11. The molecule has 2 aromatic carbocycles. The van der Waals surface area contributed by atoms with Gasteiger partial charge in [0.15, 0.2) is 5.65 Å². The number of ether oxygens (including phenoxy) is 1. The van der Waals surface area contributed by atoms with E-state index >= 15 is 0 Å². The molecule has 0 fully saturated rings. The fourth-order valence-corrected chi connectivity index (χ4v) is 2.96. The minimum Gasteiger partial charge on any atom is -0.383 e. The van der Waals surface area contributed by atoms with Crippen LogP contribution in [-0.2, 0) is 4.74 Å². The molecule has 0 unspecified atom stereocenters. The van der Waals surface area contributed by atoms with Gasteiger partial charge in [0.1, 0.15) is 5.82 Å². The largest absolute Gasteiger partial charge is 0.383 e. The van der Waals surface area contributed by atoms with Gasteiger partial charge in [-0.05, 0) is 22.4 Å². The molecule has 0 amide bonds. The number of hydrogen-bond acceptors (Lipinski definition) is 4. The number of methoxy groups -OCH3 is 1. The summed E-state index contributed by atoms with van der Waals surface area (Å²) < 4.78 is 6.93. The molecule has 0 atom stereocenters. The normalized spacial score (nSPS) is 11.2. The Kier molecular flexibility index (Phi) is 3.84. The number of fused-ring (bicyclic) bond motifs is 2. The first kappa shape index (κ1) is 14.7. The SMILES string of the molecule is COCCNc1ccnc2c(-c3cccc4ccccc34)cnn12. The first-order valence-electron chi connectivity index (χ1n) is 7.92. The monoisotopic (exact) mass is 318 g/mol. The number of nitrogens with zero attached hydrogens (tertiary/aromatic N) is 3. The Balaban J connectivity index is 1.84. The second-order valence-corrected chi connectivity index (χ2v) is 5.57. The molecule has 0 aliphatic heterocycles. The zero-order valence-corrected chi connectivity index (χ0v) is 13.4. The molecule has 4 aromatic rings. The van der Waals surface area contributed by atoms with Crippen molar-refractivity contribution in [2.24, 2.45) is 0 Å². The van der Waals surface area contributed by atoms with Gasteiger partial charge in [0.05, 0.1) is 12.8 Å². The second-order valence-electron chi connectivity index (χ2n) is 5.57. The molecule has 0 aliphatic carbocycles. The van der Waals surface area contributed by atoms with Gasteiger partial charge in [-0.3, -0.25) is 0 Å². The Labute approximate surface area is 139 Å². The van der Waals surface area contributed by atoms with Gasteiger partial charge >= 0.3 is 0 Å². The van der Waals surface area contributed by atoms with Crippen LogP contribution in [-0.4, -0.2) is 34.9 Å². The molecule has 0 radical (unpaired) electrons. The first-order valence-corrected chi connectivity index (χ1v) is 7.92. The van der Waals surface area contributed by atoms with E-state index in [9.17, 15) is 0 Å². The molecule has 120 valence electrons. The van der Waals surface area contributed by atoms with E-state index < -0.39 is 0 Å². The minimum absolute atomic E-state index is 0.640. The fourth-order valence-electron chi connectivity index (χ4n) is 2.96. The van der Waals surface area contributed by atoms with Crippen LogP contribution in [0.5, 0.6) is 0 Å². The smallest absolute Gasteiger partial charge is 0.165 e. The number of nitrogens with one attached hydrogen (secondary N) is 1. The quantitative estimate of drug-likeness (QED) is 0.571. The van der Waals surface area contributed by atoms with Gasteiger partial charge in [0.25, 0.3) is 0 Å². The van der Waals surface area contributed by atoms with Crippen LogP contribution >= 0.6 is 0 Å². The molecule has 0 spiro atoms. The van der Waals surface area contributed by atoms with Gasteiger partial charge in [-0.25, -0.2) is 4.98 Å². The van der Waals surface area contributed by atoms with Gasteiger partial charge < -0.3 is 10.1 Å². The van der Waals surface area contributed by atoms with Crippen molar-refractivity contribution in [2.75, 3.05) is 25.6 Å². The molecule has 0 bridgehead atoms. The molecule has 24 heavy (non-hydrogen) atoms. The van der Waals surface area contributed by atoms with E-state index in [1.165, 1.54) is 10.8 Å². The van der Waals surface area contributed by atoms with Crippen LogP contribution < -0.4 is 5.32 Å². The van der Waals surface area contributed by atoms with E-state index in [4.69, 9.17) is 4.74 Å². The van der Waals surface area contributed by atoms with E-state index in [2.05, 4.69) is 57.9 Å². The maximum absolute atomic E-state index is 5.09. The van der Waals surface area contributed by atoms with Crippen molar-refractivity contribution in [1.29, 1.82) is 0 Å². The molecule has 1 N–H and O–H groups in total. The van der Waals surface area contributed by atoms with Crippen LogP contribution in [0.25, 0.3) is 27.5 Å². The summed E-state index contributed by atoms with van der Waals surface area (Å²) in [7, 11) is 1.69. The summed E-state index contributed by atoms with van der Waals surface area (Å²) in [5.41, 5.74) is 3.01. The molecular formula is C19H18N4O. The van der Waals surface area contributed by atoms with Gasteiger partial charge in [-0.1, -0.05) is 42.5 Å². The summed E-state index contributed by atoms with van der Waals surface area (Å²) in [4.78, 5) is 4.54. The van der Waals surface area contributed by atoms with Crippen molar-refractivity contribution in [2.45, 2.75) is 0 Å². The van der Waals surface area contributed by atoms with Crippen LogP contribution in [0.4, 0.5) is 5.82 Å². The molecule has 2 heterocycles. The molecule has 4 rings (SSSR count). The summed E-state index contributed by atoms with van der Waals surface area (Å²) in [5.74, 6) is 0.906. The number of rotatable bonds is 5. The van der Waals surface area contributed by atoms with Crippen molar-refractivity contribution in [3.8, 4) is 11.1 Å². The average molecular weight is 318 g/mol. The molecular weight excluding hydrogens is 300 g/mol. The van der Waals surface area contributed by atoms with Gasteiger partial charge in [0.2, 0.25) is 0 Å². The maximum atomic E-state index is 5.09. The van der Waals surface area contributed by atoms with Crippen LogP contribution in [0.3, 0.4) is 0 Å². The van der Waals surface area contributed by atoms with Crippen molar-refractivity contribution in [1.82, 2.24) is 14.6 Å². The van der Waals surface area contributed by atoms with Crippen LogP contribution in [0, 0.1) is 0 Å². The third-order valence-corrected chi connectivity index (χ3v) is 4.09. The Morgan fingerprint density at radius 1 is 1.04 bits per heavy atom. The standard InChI is InChI=1S/C19H18N4O/c1-24-12-11-20-18-9-10-21-19-17(13-22-23(18)19)16-8-4-6-14-5-2-3-7-15(14)16/h2-10,13,20H,11-12H2,1H3. The third-order valence-electron chi connectivity index (χ3n) is 4.09. The summed E-state index contributed by atoms with van der Waals surface area (Å²) in [6, 6.07) is 16.6. The van der Waals surface area contributed by atoms with E-state index in [-0.39, 0.29) is 0 Å². The predicted octanol–water partition coefficient (Wildman–Crippen LogP) is 3.61. The van der Waals surface area contributed by atoms with Gasteiger partial charge in [-0.2, -0.15) is 9.61 Å².